The number of anilines is 2. The summed E-state index contributed by atoms with van der Waals surface area (Å²) in [6.07, 6.45) is 1.78. The Labute approximate surface area is 213 Å². The first-order chi connectivity index (χ1) is 17.1. The molecule has 0 aliphatic rings. The second kappa shape index (κ2) is 10.3. The molecule has 0 fully saturated rings. The number of nitrogens with one attached hydrogen (secondary N) is 1. The standard InChI is InChI=1S/C28H22Cl2N2O3/c1-33-27-15-18-13-22-24(9-11-31-25(22)14-19(18)16-28(27)34-12-10-29)32-20-7-8-26(23(30)17-20)35-21-5-3-2-4-6-21/h2-9,11,13-17H,10,12H2,1H3,(H,31,32). The SMILES string of the molecule is COc1cc2cc3c(Nc4ccc(Oc5ccccc5)c(Cl)c4)ccnc3cc2cc1OCCCl. The fourth-order valence-electron chi connectivity index (χ4n) is 3.86. The van der Waals surface area contributed by atoms with Crippen molar-refractivity contribution < 1.29 is 14.2 Å². The second-order valence-corrected chi connectivity index (χ2v) is 8.59. The average Bonchev–Trinajstić information content (AvgIpc) is 2.88. The fraction of sp³-hybridized carbons (Fsp3) is 0.107. The van der Waals surface area contributed by atoms with Crippen molar-refractivity contribution in [2.75, 3.05) is 24.9 Å². The summed E-state index contributed by atoms with van der Waals surface area (Å²) in [5, 5.41) is 6.95. The van der Waals surface area contributed by atoms with Gasteiger partial charge in [0.2, 0.25) is 0 Å². The van der Waals surface area contributed by atoms with Crippen LogP contribution in [0, 0.1) is 0 Å². The Morgan fingerprint density at radius 2 is 1.66 bits per heavy atom. The molecule has 0 aliphatic carbocycles. The maximum atomic E-state index is 6.51. The molecule has 0 atom stereocenters. The van der Waals surface area contributed by atoms with Crippen LogP contribution in [-0.2, 0) is 0 Å². The molecule has 4 aromatic carbocycles. The van der Waals surface area contributed by atoms with Crippen LogP contribution in [-0.4, -0.2) is 24.6 Å². The van der Waals surface area contributed by atoms with E-state index in [1.165, 1.54) is 0 Å². The molecule has 176 valence electrons. The minimum absolute atomic E-state index is 0.402. The summed E-state index contributed by atoms with van der Waals surface area (Å²) >= 11 is 12.3. The minimum atomic E-state index is 0.402. The molecule has 35 heavy (non-hydrogen) atoms. The monoisotopic (exact) mass is 504 g/mol. The van der Waals surface area contributed by atoms with Gasteiger partial charge in [-0.3, -0.25) is 4.98 Å². The van der Waals surface area contributed by atoms with Gasteiger partial charge in [-0.1, -0.05) is 29.8 Å². The molecule has 0 bridgehead atoms. The lowest BCUT2D eigenvalue weighted by molar-refractivity contribution is 0.313. The van der Waals surface area contributed by atoms with E-state index in [1.54, 1.807) is 13.3 Å². The largest absolute Gasteiger partial charge is 0.493 e. The van der Waals surface area contributed by atoms with Crippen molar-refractivity contribution in [3.8, 4) is 23.0 Å². The van der Waals surface area contributed by atoms with Crippen LogP contribution in [0.15, 0.2) is 85.1 Å². The summed E-state index contributed by atoms with van der Waals surface area (Å²) in [6, 6.07) is 25.1. The van der Waals surface area contributed by atoms with Gasteiger partial charge >= 0.3 is 0 Å². The summed E-state index contributed by atoms with van der Waals surface area (Å²) in [6.45, 7) is 0.404. The van der Waals surface area contributed by atoms with E-state index in [-0.39, 0.29) is 0 Å². The van der Waals surface area contributed by atoms with Crippen molar-refractivity contribution in [1.82, 2.24) is 4.98 Å². The number of pyridine rings is 1. The highest BCUT2D eigenvalue weighted by molar-refractivity contribution is 6.32. The first-order valence-electron chi connectivity index (χ1n) is 11.0. The third kappa shape index (κ3) is 5.06. The minimum Gasteiger partial charge on any atom is -0.493 e. The normalized spacial score (nSPS) is 10.9. The molecule has 1 N–H and O–H groups in total. The van der Waals surface area contributed by atoms with E-state index in [0.29, 0.717) is 34.8 Å². The number of halogens is 2. The maximum Gasteiger partial charge on any atom is 0.161 e. The van der Waals surface area contributed by atoms with Crippen LogP contribution >= 0.6 is 23.2 Å². The zero-order valence-corrected chi connectivity index (χ0v) is 20.4. The number of hydrogen-bond donors (Lipinski definition) is 1. The summed E-state index contributed by atoms with van der Waals surface area (Å²) in [5.41, 5.74) is 2.60. The molecule has 0 aliphatic heterocycles. The molecule has 0 amide bonds. The molecule has 0 saturated heterocycles. The Morgan fingerprint density at radius 1 is 0.857 bits per heavy atom. The van der Waals surface area contributed by atoms with Crippen LogP contribution in [0.4, 0.5) is 11.4 Å². The highest BCUT2D eigenvalue weighted by atomic mass is 35.5. The van der Waals surface area contributed by atoms with Gasteiger partial charge in [-0.25, -0.2) is 0 Å². The number of para-hydroxylation sites is 1. The fourth-order valence-corrected chi connectivity index (χ4v) is 4.16. The highest BCUT2D eigenvalue weighted by Gasteiger charge is 2.11. The molecule has 5 aromatic rings. The van der Waals surface area contributed by atoms with Crippen LogP contribution in [0.1, 0.15) is 0 Å². The number of nitrogens with zero attached hydrogens (tertiary/aromatic N) is 1. The van der Waals surface area contributed by atoms with E-state index in [2.05, 4.69) is 16.4 Å². The molecule has 0 unspecified atom stereocenters. The molecule has 5 rings (SSSR count). The lowest BCUT2D eigenvalue weighted by atomic mass is 10.0. The molecule has 0 radical (unpaired) electrons. The molecule has 7 heteroatoms. The second-order valence-electron chi connectivity index (χ2n) is 7.80. The average molecular weight is 505 g/mol. The van der Waals surface area contributed by atoms with Crippen molar-refractivity contribution in [1.29, 1.82) is 0 Å². The number of fused-ring (bicyclic) bond motifs is 2. The molecule has 5 nitrogen and oxygen atoms in total. The van der Waals surface area contributed by atoms with Crippen molar-refractivity contribution in [2.45, 2.75) is 0 Å². The smallest absolute Gasteiger partial charge is 0.161 e. The highest BCUT2D eigenvalue weighted by Crippen LogP contribution is 2.37. The lowest BCUT2D eigenvalue weighted by Crippen LogP contribution is -2.00. The van der Waals surface area contributed by atoms with Gasteiger partial charge in [0.25, 0.3) is 0 Å². The Kier molecular flexibility index (Phi) is 6.80. The Bertz CT molecular complexity index is 1490. The molecular formula is C28H22Cl2N2O3. The van der Waals surface area contributed by atoms with Gasteiger partial charge in [0.15, 0.2) is 11.5 Å². The van der Waals surface area contributed by atoms with Crippen molar-refractivity contribution in [2.24, 2.45) is 0 Å². The van der Waals surface area contributed by atoms with E-state index >= 15 is 0 Å². The third-order valence-electron chi connectivity index (χ3n) is 5.50. The topological polar surface area (TPSA) is 52.6 Å². The predicted octanol–water partition coefficient (Wildman–Crippen LogP) is 8.20. The summed E-state index contributed by atoms with van der Waals surface area (Å²) < 4.78 is 17.2. The van der Waals surface area contributed by atoms with Crippen molar-refractivity contribution >= 4 is 56.3 Å². The molecule has 0 saturated carbocycles. The number of hydrogen-bond acceptors (Lipinski definition) is 5. The Morgan fingerprint density at radius 3 is 2.43 bits per heavy atom. The van der Waals surface area contributed by atoms with Gasteiger partial charge in [0.1, 0.15) is 18.1 Å². The zero-order valence-electron chi connectivity index (χ0n) is 18.9. The van der Waals surface area contributed by atoms with Crippen molar-refractivity contribution in [3.63, 3.8) is 0 Å². The van der Waals surface area contributed by atoms with Crippen LogP contribution < -0.4 is 19.5 Å². The Balaban J connectivity index is 1.47. The van der Waals surface area contributed by atoms with Crippen LogP contribution in [0.5, 0.6) is 23.0 Å². The van der Waals surface area contributed by atoms with Crippen LogP contribution in [0.2, 0.25) is 5.02 Å². The lowest BCUT2D eigenvalue weighted by Gasteiger charge is -2.14. The molecule has 0 spiro atoms. The number of benzene rings is 4. The number of alkyl halides is 1. The van der Waals surface area contributed by atoms with Gasteiger partial charge in [-0.15, -0.1) is 11.6 Å². The van der Waals surface area contributed by atoms with Gasteiger partial charge in [0, 0.05) is 23.0 Å². The first kappa shape index (κ1) is 23.1. The number of ether oxygens (including phenoxy) is 3. The third-order valence-corrected chi connectivity index (χ3v) is 5.95. The number of aromatic nitrogens is 1. The van der Waals surface area contributed by atoms with E-state index < -0.39 is 0 Å². The predicted molar refractivity (Wildman–Crippen MR) is 143 cm³/mol. The van der Waals surface area contributed by atoms with Gasteiger partial charge in [-0.2, -0.15) is 0 Å². The number of rotatable bonds is 8. The molecule has 1 aromatic heterocycles. The summed E-state index contributed by atoms with van der Waals surface area (Å²) in [7, 11) is 1.62. The summed E-state index contributed by atoms with van der Waals surface area (Å²) in [5.74, 6) is 3.03. The van der Waals surface area contributed by atoms with E-state index in [0.717, 1.165) is 38.8 Å². The quantitative estimate of drug-likeness (QED) is 0.170. The van der Waals surface area contributed by atoms with Crippen molar-refractivity contribution in [3.05, 3.63) is 90.1 Å². The molecular weight excluding hydrogens is 483 g/mol. The van der Waals surface area contributed by atoms with Gasteiger partial charge in [0.05, 0.1) is 23.5 Å². The number of methoxy groups -OCH3 is 1. The van der Waals surface area contributed by atoms with Gasteiger partial charge in [-0.05, 0) is 71.4 Å². The van der Waals surface area contributed by atoms with Gasteiger partial charge < -0.3 is 19.5 Å². The van der Waals surface area contributed by atoms with E-state index in [1.807, 2.05) is 72.8 Å². The van der Waals surface area contributed by atoms with Crippen LogP contribution in [0.3, 0.4) is 0 Å². The van der Waals surface area contributed by atoms with E-state index in [4.69, 9.17) is 37.4 Å². The Hall–Kier alpha value is -3.67. The molecule has 1 heterocycles. The summed E-state index contributed by atoms with van der Waals surface area (Å²) in [4.78, 5) is 4.57. The van der Waals surface area contributed by atoms with Crippen LogP contribution in [0.25, 0.3) is 21.7 Å². The maximum absolute atomic E-state index is 6.51. The zero-order chi connectivity index (χ0) is 24.2. The first-order valence-corrected chi connectivity index (χ1v) is 11.9. The van der Waals surface area contributed by atoms with E-state index in [9.17, 15) is 0 Å².